The fraction of sp³-hybridized carbons (Fsp3) is 0.591. The van der Waals surface area contributed by atoms with E-state index in [4.69, 9.17) is 4.74 Å². The van der Waals surface area contributed by atoms with Gasteiger partial charge < -0.3 is 15.0 Å². The third-order valence-corrected chi connectivity index (χ3v) is 7.88. The Balaban J connectivity index is 1.33. The van der Waals surface area contributed by atoms with Crippen molar-refractivity contribution in [2.24, 2.45) is 5.92 Å². The van der Waals surface area contributed by atoms with E-state index in [1.165, 1.54) is 19.3 Å². The molecule has 156 valence electrons. The predicted molar refractivity (Wildman–Crippen MR) is 111 cm³/mol. The summed E-state index contributed by atoms with van der Waals surface area (Å²) >= 11 is 1.62. The van der Waals surface area contributed by atoms with Crippen molar-refractivity contribution in [2.75, 3.05) is 18.9 Å². The Morgan fingerprint density at radius 3 is 2.69 bits per heavy atom. The quantitative estimate of drug-likeness (QED) is 0.722. The zero-order chi connectivity index (χ0) is 20.3. The third-order valence-electron chi connectivity index (χ3n) is 6.28. The van der Waals surface area contributed by atoms with Crippen LogP contribution >= 0.6 is 11.8 Å². The van der Waals surface area contributed by atoms with Crippen LogP contribution in [0.15, 0.2) is 30.3 Å². The van der Waals surface area contributed by atoms with Gasteiger partial charge in [-0.1, -0.05) is 49.6 Å². The molecule has 4 rings (SSSR count). The number of hydrogen-bond donors (Lipinski definition) is 1. The van der Waals surface area contributed by atoms with Crippen LogP contribution in [0.2, 0.25) is 0 Å². The van der Waals surface area contributed by atoms with Gasteiger partial charge in [-0.2, -0.15) is 0 Å². The molecular weight excluding hydrogens is 388 g/mol. The van der Waals surface area contributed by atoms with E-state index in [1.54, 1.807) is 16.7 Å². The number of fused-ring (bicyclic) bond motifs is 1. The van der Waals surface area contributed by atoms with Crippen LogP contribution in [-0.2, 0) is 24.0 Å². The summed E-state index contributed by atoms with van der Waals surface area (Å²) in [5, 5.41) is 2.88. The van der Waals surface area contributed by atoms with Crippen LogP contribution in [0.1, 0.15) is 50.5 Å². The SMILES string of the molecule is O=C(COC(=O)[C@@H]1CS[C@]2(c3ccccc3)CCC(=O)N12)NCC1CCCCC1. The normalized spacial score (nSPS) is 27.0. The Morgan fingerprint density at radius 2 is 1.93 bits per heavy atom. The molecule has 7 heteroatoms. The van der Waals surface area contributed by atoms with Gasteiger partial charge in [0.15, 0.2) is 6.61 Å². The van der Waals surface area contributed by atoms with E-state index in [1.807, 2.05) is 30.3 Å². The van der Waals surface area contributed by atoms with E-state index in [-0.39, 0.29) is 18.4 Å². The molecule has 2 heterocycles. The second kappa shape index (κ2) is 8.78. The lowest BCUT2D eigenvalue weighted by Gasteiger charge is -2.33. The molecule has 1 aromatic carbocycles. The minimum atomic E-state index is -0.638. The Kier molecular flexibility index (Phi) is 6.13. The summed E-state index contributed by atoms with van der Waals surface area (Å²) in [6.45, 7) is 0.366. The first kappa shape index (κ1) is 20.3. The maximum Gasteiger partial charge on any atom is 0.330 e. The molecule has 1 saturated carbocycles. The van der Waals surface area contributed by atoms with Crippen molar-refractivity contribution in [3.8, 4) is 0 Å². The first-order chi connectivity index (χ1) is 14.1. The van der Waals surface area contributed by atoms with Gasteiger partial charge in [-0.15, -0.1) is 11.8 Å². The van der Waals surface area contributed by atoms with E-state index in [0.717, 1.165) is 18.4 Å². The van der Waals surface area contributed by atoms with E-state index in [0.29, 0.717) is 31.1 Å². The number of hydrogen-bond acceptors (Lipinski definition) is 5. The average molecular weight is 417 g/mol. The average Bonchev–Trinajstić information content (AvgIpc) is 3.31. The first-order valence-electron chi connectivity index (χ1n) is 10.5. The predicted octanol–water partition coefficient (Wildman–Crippen LogP) is 2.82. The number of benzene rings is 1. The molecule has 2 saturated heterocycles. The highest BCUT2D eigenvalue weighted by atomic mass is 32.2. The Bertz CT molecular complexity index is 765. The summed E-state index contributed by atoms with van der Waals surface area (Å²) in [4.78, 5) is 38.6. The minimum absolute atomic E-state index is 0.0254. The van der Waals surface area contributed by atoms with E-state index in [9.17, 15) is 14.4 Å². The van der Waals surface area contributed by atoms with Crippen LogP contribution in [0.3, 0.4) is 0 Å². The Labute approximate surface area is 175 Å². The molecule has 0 radical (unpaired) electrons. The number of ether oxygens (including phenoxy) is 1. The third kappa shape index (κ3) is 4.15. The summed E-state index contributed by atoms with van der Waals surface area (Å²) < 4.78 is 5.31. The zero-order valence-electron chi connectivity index (χ0n) is 16.6. The molecule has 0 spiro atoms. The lowest BCUT2D eigenvalue weighted by molar-refractivity contribution is -0.156. The molecule has 0 unspecified atom stereocenters. The van der Waals surface area contributed by atoms with Crippen molar-refractivity contribution in [1.82, 2.24) is 10.2 Å². The topological polar surface area (TPSA) is 75.7 Å². The van der Waals surface area contributed by atoms with Crippen molar-refractivity contribution in [3.63, 3.8) is 0 Å². The molecule has 1 N–H and O–H groups in total. The monoisotopic (exact) mass is 416 g/mol. The molecule has 6 nitrogen and oxygen atoms in total. The molecule has 3 fully saturated rings. The summed E-state index contributed by atoms with van der Waals surface area (Å²) in [5.41, 5.74) is 1.04. The van der Waals surface area contributed by atoms with Gasteiger partial charge in [0, 0.05) is 18.7 Å². The highest BCUT2D eigenvalue weighted by Crippen LogP contribution is 2.54. The van der Waals surface area contributed by atoms with Gasteiger partial charge in [-0.05, 0) is 30.7 Å². The summed E-state index contributed by atoms with van der Waals surface area (Å²) in [6, 6.07) is 9.22. The molecule has 3 aliphatic rings. The van der Waals surface area contributed by atoms with Crippen molar-refractivity contribution in [2.45, 2.75) is 55.9 Å². The molecule has 0 aromatic heterocycles. The summed E-state index contributed by atoms with van der Waals surface area (Å²) in [6.07, 6.45) is 7.14. The molecule has 2 amide bonds. The fourth-order valence-electron chi connectivity index (χ4n) is 4.75. The van der Waals surface area contributed by atoms with Crippen LogP contribution in [0.25, 0.3) is 0 Å². The fourth-order valence-corrected chi connectivity index (χ4v) is 6.39. The Hall–Kier alpha value is -2.02. The van der Waals surface area contributed by atoms with Gasteiger partial charge in [0.05, 0.1) is 0 Å². The van der Waals surface area contributed by atoms with E-state index >= 15 is 0 Å². The Morgan fingerprint density at radius 1 is 1.17 bits per heavy atom. The molecule has 1 aromatic rings. The van der Waals surface area contributed by atoms with Crippen molar-refractivity contribution in [3.05, 3.63) is 35.9 Å². The van der Waals surface area contributed by atoms with Gasteiger partial charge in [0.2, 0.25) is 5.91 Å². The molecule has 29 heavy (non-hydrogen) atoms. The number of rotatable bonds is 6. The first-order valence-corrected chi connectivity index (χ1v) is 11.5. The van der Waals surface area contributed by atoms with Crippen LogP contribution in [0.4, 0.5) is 0 Å². The van der Waals surface area contributed by atoms with Gasteiger partial charge in [0.25, 0.3) is 5.91 Å². The highest BCUT2D eigenvalue weighted by molar-refractivity contribution is 8.00. The maximum atomic E-state index is 12.7. The zero-order valence-corrected chi connectivity index (χ0v) is 17.4. The van der Waals surface area contributed by atoms with E-state index in [2.05, 4.69) is 5.32 Å². The number of nitrogens with zero attached hydrogens (tertiary/aromatic N) is 1. The largest absolute Gasteiger partial charge is 0.454 e. The summed E-state index contributed by atoms with van der Waals surface area (Å²) in [5.74, 6) is 0.240. The van der Waals surface area contributed by atoms with Crippen LogP contribution in [0.5, 0.6) is 0 Å². The number of carbonyl (C=O) groups excluding carboxylic acids is 3. The smallest absolute Gasteiger partial charge is 0.330 e. The minimum Gasteiger partial charge on any atom is -0.454 e. The summed E-state index contributed by atoms with van der Waals surface area (Å²) in [7, 11) is 0. The number of nitrogens with one attached hydrogen (secondary N) is 1. The van der Waals surface area contributed by atoms with Gasteiger partial charge in [-0.3, -0.25) is 9.59 Å². The number of amides is 2. The number of thioether (sulfide) groups is 1. The van der Waals surface area contributed by atoms with E-state index < -0.39 is 16.9 Å². The van der Waals surface area contributed by atoms with Crippen molar-refractivity contribution in [1.29, 1.82) is 0 Å². The van der Waals surface area contributed by atoms with Crippen LogP contribution in [-0.4, -0.2) is 47.6 Å². The molecular formula is C22H28N2O4S. The van der Waals surface area contributed by atoms with Gasteiger partial charge >= 0.3 is 5.97 Å². The highest BCUT2D eigenvalue weighted by Gasteiger charge is 2.57. The molecule has 2 atom stereocenters. The number of esters is 1. The van der Waals surface area contributed by atoms with Crippen molar-refractivity contribution >= 4 is 29.5 Å². The van der Waals surface area contributed by atoms with Gasteiger partial charge in [-0.25, -0.2) is 4.79 Å². The number of carbonyl (C=O) groups is 3. The lowest BCUT2D eigenvalue weighted by Crippen LogP contribution is -2.47. The maximum absolute atomic E-state index is 12.7. The van der Waals surface area contributed by atoms with Gasteiger partial charge in [0.1, 0.15) is 10.9 Å². The standard InChI is InChI=1S/C22H28N2O4S/c25-19(23-13-16-7-3-1-4-8-16)14-28-21(27)18-15-29-22(12-11-20(26)24(18)22)17-9-5-2-6-10-17/h2,5-6,9-10,16,18H,1,3-4,7-8,11-15H2,(H,23,25)/t18-,22-/m0/s1. The molecule has 0 bridgehead atoms. The van der Waals surface area contributed by atoms with Crippen molar-refractivity contribution < 1.29 is 19.1 Å². The second-order valence-electron chi connectivity index (χ2n) is 8.16. The van der Waals surface area contributed by atoms with Crippen LogP contribution < -0.4 is 5.32 Å². The molecule has 2 aliphatic heterocycles. The lowest BCUT2D eigenvalue weighted by atomic mass is 9.89. The van der Waals surface area contributed by atoms with Crippen LogP contribution in [0, 0.1) is 5.92 Å². The molecule has 1 aliphatic carbocycles. The second-order valence-corrected chi connectivity index (χ2v) is 9.45.